The molecule has 2 aromatic carbocycles. The quantitative estimate of drug-likeness (QED) is 0.908. The average Bonchev–Trinajstić information content (AvgIpc) is 2.43. The first-order chi connectivity index (χ1) is 9.97. The van der Waals surface area contributed by atoms with Crippen molar-refractivity contribution in [3.63, 3.8) is 0 Å². The number of aliphatic carboxylic acids is 1. The van der Waals surface area contributed by atoms with Crippen LogP contribution in [0.25, 0.3) is 0 Å². The van der Waals surface area contributed by atoms with E-state index < -0.39 is 11.9 Å². The Morgan fingerprint density at radius 1 is 1.19 bits per heavy atom. The fourth-order valence-electron chi connectivity index (χ4n) is 1.94. The molecule has 0 unspecified atom stereocenters. The molecule has 0 aromatic heterocycles. The zero-order valence-corrected chi connectivity index (χ0v) is 11.4. The van der Waals surface area contributed by atoms with E-state index in [1.54, 1.807) is 31.2 Å². The molecule has 0 heterocycles. The highest BCUT2D eigenvalue weighted by Crippen LogP contribution is 2.18. The summed E-state index contributed by atoms with van der Waals surface area (Å²) in [5, 5.41) is 11.5. The van der Waals surface area contributed by atoms with Gasteiger partial charge in [0.15, 0.2) is 0 Å². The molecule has 2 rings (SSSR count). The van der Waals surface area contributed by atoms with Crippen LogP contribution >= 0.6 is 0 Å². The molecule has 2 aromatic rings. The predicted molar refractivity (Wildman–Crippen MR) is 76.9 cm³/mol. The predicted octanol–water partition coefficient (Wildman–Crippen LogP) is 3.01. The molecule has 5 heteroatoms. The fraction of sp³-hybridized carbons (Fsp3) is 0.125. The largest absolute Gasteiger partial charge is 0.481 e. The van der Waals surface area contributed by atoms with E-state index in [0.717, 1.165) is 0 Å². The Morgan fingerprint density at radius 2 is 1.90 bits per heavy atom. The van der Waals surface area contributed by atoms with Crippen LogP contribution in [0.1, 0.15) is 21.5 Å². The smallest absolute Gasteiger partial charge is 0.307 e. The topological polar surface area (TPSA) is 66.4 Å². The maximum absolute atomic E-state index is 13.2. The highest BCUT2D eigenvalue weighted by atomic mass is 19.1. The van der Waals surface area contributed by atoms with Crippen molar-refractivity contribution in [2.24, 2.45) is 0 Å². The number of aryl methyl sites for hydroxylation is 1. The van der Waals surface area contributed by atoms with Crippen molar-refractivity contribution in [2.45, 2.75) is 13.3 Å². The standard InChI is InChI=1S/C16H14FNO3/c1-10-8-12(6-7-13(10)17)16(21)18-14-5-3-2-4-11(14)9-15(19)20/h2-8H,9H2,1H3,(H,18,21)(H,19,20). The van der Waals surface area contributed by atoms with Crippen molar-refractivity contribution in [3.8, 4) is 0 Å². The molecule has 0 aliphatic carbocycles. The number of rotatable bonds is 4. The maximum Gasteiger partial charge on any atom is 0.307 e. The molecule has 0 radical (unpaired) electrons. The van der Waals surface area contributed by atoms with Gasteiger partial charge in [0.1, 0.15) is 5.82 Å². The molecule has 0 spiro atoms. The summed E-state index contributed by atoms with van der Waals surface area (Å²) in [5.74, 6) is -1.76. The Labute approximate surface area is 121 Å². The first-order valence-corrected chi connectivity index (χ1v) is 6.34. The van der Waals surface area contributed by atoms with Crippen molar-refractivity contribution in [3.05, 3.63) is 65.0 Å². The molecule has 0 aliphatic rings. The molecule has 0 atom stereocenters. The van der Waals surface area contributed by atoms with Gasteiger partial charge in [-0.15, -0.1) is 0 Å². The lowest BCUT2D eigenvalue weighted by Crippen LogP contribution is -2.14. The molecule has 0 saturated heterocycles. The Kier molecular flexibility index (Phi) is 4.33. The van der Waals surface area contributed by atoms with E-state index in [-0.39, 0.29) is 12.2 Å². The summed E-state index contributed by atoms with van der Waals surface area (Å²) in [5.41, 5.74) is 1.64. The lowest BCUT2D eigenvalue weighted by molar-refractivity contribution is -0.136. The molecular weight excluding hydrogens is 273 g/mol. The molecule has 0 bridgehead atoms. The number of hydrogen-bond acceptors (Lipinski definition) is 2. The first-order valence-electron chi connectivity index (χ1n) is 6.34. The summed E-state index contributed by atoms with van der Waals surface area (Å²) in [4.78, 5) is 22.9. The molecular formula is C16H14FNO3. The minimum atomic E-state index is -0.977. The zero-order valence-electron chi connectivity index (χ0n) is 11.4. The van der Waals surface area contributed by atoms with E-state index in [2.05, 4.69) is 5.32 Å². The monoisotopic (exact) mass is 287 g/mol. The van der Waals surface area contributed by atoms with Crippen LogP contribution in [-0.2, 0) is 11.2 Å². The highest BCUT2D eigenvalue weighted by molar-refractivity contribution is 6.05. The van der Waals surface area contributed by atoms with E-state index in [4.69, 9.17) is 5.11 Å². The molecule has 108 valence electrons. The van der Waals surface area contributed by atoms with Crippen molar-refractivity contribution in [1.29, 1.82) is 0 Å². The van der Waals surface area contributed by atoms with Crippen LogP contribution in [0.15, 0.2) is 42.5 Å². The van der Waals surface area contributed by atoms with Gasteiger partial charge in [-0.1, -0.05) is 18.2 Å². The van der Waals surface area contributed by atoms with Gasteiger partial charge < -0.3 is 10.4 Å². The van der Waals surface area contributed by atoms with Crippen LogP contribution < -0.4 is 5.32 Å². The summed E-state index contributed by atoms with van der Waals surface area (Å²) >= 11 is 0. The van der Waals surface area contributed by atoms with E-state index in [0.29, 0.717) is 22.4 Å². The van der Waals surface area contributed by atoms with Gasteiger partial charge in [-0.2, -0.15) is 0 Å². The maximum atomic E-state index is 13.2. The summed E-state index contributed by atoms with van der Waals surface area (Å²) in [7, 11) is 0. The zero-order chi connectivity index (χ0) is 15.4. The number of benzene rings is 2. The number of hydrogen-bond donors (Lipinski definition) is 2. The number of para-hydroxylation sites is 1. The third kappa shape index (κ3) is 3.66. The van der Waals surface area contributed by atoms with Crippen molar-refractivity contribution < 1.29 is 19.1 Å². The molecule has 0 fully saturated rings. The highest BCUT2D eigenvalue weighted by Gasteiger charge is 2.11. The van der Waals surface area contributed by atoms with Gasteiger partial charge in [0.25, 0.3) is 5.91 Å². The molecule has 0 aliphatic heterocycles. The number of carbonyl (C=O) groups excluding carboxylic acids is 1. The second-order valence-electron chi connectivity index (χ2n) is 4.65. The number of carbonyl (C=O) groups is 2. The van der Waals surface area contributed by atoms with E-state index in [1.807, 2.05) is 0 Å². The van der Waals surface area contributed by atoms with Crippen LogP contribution in [0.5, 0.6) is 0 Å². The average molecular weight is 287 g/mol. The lowest BCUT2D eigenvalue weighted by atomic mass is 10.1. The van der Waals surface area contributed by atoms with Gasteiger partial charge >= 0.3 is 5.97 Å². The van der Waals surface area contributed by atoms with Crippen molar-refractivity contribution in [2.75, 3.05) is 5.32 Å². The normalized spacial score (nSPS) is 10.2. The molecule has 1 amide bonds. The van der Waals surface area contributed by atoms with E-state index in [1.165, 1.54) is 18.2 Å². The summed E-state index contributed by atoms with van der Waals surface area (Å²) < 4.78 is 13.2. The van der Waals surface area contributed by atoms with Crippen molar-refractivity contribution >= 4 is 17.6 Å². The van der Waals surface area contributed by atoms with Crippen LogP contribution in [0, 0.1) is 12.7 Å². The number of halogens is 1. The van der Waals surface area contributed by atoms with Gasteiger partial charge in [-0.05, 0) is 42.3 Å². The Morgan fingerprint density at radius 3 is 2.57 bits per heavy atom. The molecule has 0 saturated carbocycles. The second-order valence-corrected chi connectivity index (χ2v) is 4.65. The number of amides is 1. The first kappa shape index (κ1) is 14.7. The van der Waals surface area contributed by atoms with Gasteiger partial charge in [0, 0.05) is 11.3 Å². The third-order valence-electron chi connectivity index (χ3n) is 3.03. The van der Waals surface area contributed by atoms with Gasteiger partial charge in [0.05, 0.1) is 6.42 Å². The number of carboxylic acids is 1. The lowest BCUT2D eigenvalue weighted by Gasteiger charge is -2.10. The van der Waals surface area contributed by atoms with Crippen LogP contribution in [0.3, 0.4) is 0 Å². The minimum Gasteiger partial charge on any atom is -0.481 e. The molecule has 4 nitrogen and oxygen atoms in total. The van der Waals surface area contributed by atoms with Gasteiger partial charge in [-0.25, -0.2) is 4.39 Å². The van der Waals surface area contributed by atoms with E-state index in [9.17, 15) is 14.0 Å². The SMILES string of the molecule is Cc1cc(C(=O)Nc2ccccc2CC(=O)O)ccc1F. The third-order valence-corrected chi connectivity index (χ3v) is 3.03. The van der Waals surface area contributed by atoms with Crippen LogP contribution in [0.4, 0.5) is 10.1 Å². The van der Waals surface area contributed by atoms with Gasteiger partial charge in [0.2, 0.25) is 0 Å². The van der Waals surface area contributed by atoms with Crippen LogP contribution in [0.2, 0.25) is 0 Å². The fourth-order valence-corrected chi connectivity index (χ4v) is 1.94. The summed E-state index contributed by atoms with van der Waals surface area (Å²) in [6.07, 6.45) is -0.182. The van der Waals surface area contributed by atoms with E-state index >= 15 is 0 Å². The summed E-state index contributed by atoms with van der Waals surface area (Å²) in [6.45, 7) is 1.57. The number of carboxylic acid groups (broad SMARTS) is 1. The Bertz CT molecular complexity index is 698. The molecule has 21 heavy (non-hydrogen) atoms. The van der Waals surface area contributed by atoms with Crippen LogP contribution in [-0.4, -0.2) is 17.0 Å². The second kappa shape index (κ2) is 6.17. The Balaban J connectivity index is 2.23. The summed E-state index contributed by atoms with van der Waals surface area (Å²) in [6, 6.07) is 10.7. The van der Waals surface area contributed by atoms with Gasteiger partial charge in [-0.3, -0.25) is 9.59 Å². The van der Waals surface area contributed by atoms with Crippen molar-refractivity contribution in [1.82, 2.24) is 0 Å². The number of nitrogens with one attached hydrogen (secondary N) is 1. The number of anilines is 1. The molecule has 2 N–H and O–H groups in total. The Hall–Kier alpha value is -2.69. The minimum absolute atomic E-state index is 0.182.